The minimum absolute atomic E-state index is 0.316. The molecule has 5 heteroatoms. The number of aliphatic hydroxyl groups is 1. The van der Waals surface area contributed by atoms with Gasteiger partial charge in [0.15, 0.2) is 0 Å². The molecule has 0 aliphatic heterocycles. The summed E-state index contributed by atoms with van der Waals surface area (Å²) in [5.41, 5.74) is 12.3. The van der Waals surface area contributed by atoms with Gasteiger partial charge in [0.25, 0.3) is 0 Å². The summed E-state index contributed by atoms with van der Waals surface area (Å²) in [6, 6.07) is 5.15. The lowest BCUT2D eigenvalue weighted by Crippen LogP contribution is -2.40. The van der Waals surface area contributed by atoms with Crippen LogP contribution in [0.2, 0.25) is 0 Å². The van der Waals surface area contributed by atoms with Crippen molar-refractivity contribution in [3.8, 4) is 0 Å². The number of pyridine rings is 1. The van der Waals surface area contributed by atoms with Crippen molar-refractivity contribution in [2.75, 3.05) is 0 Å². The molecule has 3 unspecified atom stereocenters. The van der Waals surface area contributed by atoms with Gasteiger partial charge in [-0.25, -0.2) is 0 Å². The SMILES string of the molecule is CC(C)CCC(CC(O)C(N)Cc1ccccn1)C(N)=O. The van der Waals surface area contributed by atoms with E-state index in [0.29, 0.717) is 25.2 Å². The van der Waals surface area contributed by atoms with Gasteiger partial charge in [0.2, 0.25) is 5.91 Å². The summed E-state index contributed by atoms with van der Waals surface area (Å²) in [4.78, 5) is 15.7. The third kappa shape index (κ3) is 6.69. The fraction of sp³-hybridized carbons (Fsp3) is 0.625. The Morgan fingerprint density at radius 1 is 1.33 bits per heavy atom. The van der Waals surface area contributed by atoms with E-state index in [1.807, 2.05) is 18.2 Å². The highest BCUT2D eigenvalue weighted by molar-refractivity contribution is 5.76. The molecule has 0 radical (unpaired) electrons. The van der Waals surface area contributed by atoms with Crippen molar-refractivity contribution in [1.82, 2.24) is 4.98 Å². The first-order valence-electron chi connectivity index (χ1n) is 7.53. The first kappa shape index (κ1) is 17.6. The first-order chi connectivity index (χ1) is 9.90. The van der Waals surface area contributed by atoms with E-state index in [-0.39, 0.29) is 11.8 Å². The lowest BCUT2D eigenvalue weighted by atomic mass is 9.89. The quantitative estimate of drug-likeness (QED) is 0.637. The van der Waals surface area contributed by atoms with Gasteiger partial charge in [0.05, 0.1) is 6.10 Å². The summed E-state index contributed by atoms with van der Waals surface area (Å²) < 4.78 is 0. The van der Waals surface area contributed by atoms with Crippen LogP contribution in [-0.2, 0) is 11.2 Å². The monoisotopic (exact) mass is 293 g/mol. The molecule has 1 rings (SSSR count). The molecule has 0 spiro atoms. The molecule has 3 atom stereocenters. The molecule has 0 saturated heterocycles. The zero-order chi connectivity index (χ0) is 15.8. The molecule has 0 bridgehead atoms. The Bertz CT molecular complexity index is 423. The van der Waals surface area contributed by atoms with E-state index in [9.17, 15) is 9.90 Å². The number of primary amides is 1. The minimum Gasteiger partial charge on any atom is -0.391 e. The number of aromatic nitrogens is 1. The van der Waals surface area contributed by atoms with Gasteiger partial charge in [-0.1, -0.05) is 26.3 Å². The molecule has 1 heterocycles. The summed E-state index contributed by atoms with van der Waals surface area (Å²) in [5.74, 6) is -0.178. The first-order valence-corrected chi connectivity index (χ1v) is 7.53. The lowest BCUT2D eigenvalue weighted by molar-refractivity contribution is -0.123. The third-order valence-electron chi connectivity index (χ3n) is 3.69. The van der Waals surface area contributed by atoms with E-state index < -0.39 is 12.1 Å². The summed E-state index contributed by atoms with van der Waals surface area (Å²) in [6.45, 7) is 4.20. The molecule has 5 N–H and O–H groups in total. The van der Waals surface area contributed by atoms with Crippen LogP contribution in [0, 0.1) is 11.8 Å². The molecule has 0 saturated carbocycles. The number of hydrogen-bond donors (Lipinski definition) is 3. The second kappa shape index (κ2) is 8.74. The molecule has 1 aromatic rings. The zero-order valence-electron chi connectivity index (χ0n) is 12.9. The molecule has 0 fully saturated rings. The maximum absolute atomic E-state index is 11.5. The molecule has 0 aromatic carbocycles. The maximum atomic E-state index is 11.5. The van der Waals surface area contributed by atoms with Crippen molar-refractivity contribution >= 4 is 5.91 Å². The van der Waals surface area contributed by atoms with Gasteiger partial charge in [-0.05, 0) is 30.9 Å². The summed E-state index contributed by atoms with van der Waals surface area (Å²) in [6.07, 6.45) is 3.35. The Kier molecular flexibility index (Phi) is 7.32. The number of amides is 1. The van der Waals surface area contributed by atoms with Crippen molar-refractivity contribution in [2.24, 2.45) is 23.3 Å². The second-order valence-corrected chi connectivity index (χ2v) is 6.06. The van der Waals surface area contributed by atoms with Crippen molar-refractivity contribution in [3.63, 3.8) is 0 Å². The molecule has 0 aliphatic rings. The highest BCUT2D eigenvalue weighted by atomic mass is 16.3. The average Bonchev–Trinajstić information content (AvgIpc) is 2.43. The van der Waals surface area contributed by atoms with Crippen LogP contribution < -0.4 is 11.5 Å². The van der Waals surface area contributed by atoms with Gasteiger partial charge >= 0.3 is 0 Å². The lowest BCUT2D eigenvalue weighted by Gasteiger charge is -2.23. The van der Waals surface area contributed by atoms with Crippen LogP contribution in [0.4, 0.5) is 0 Å². The van der Waals surface area contributed by atoms with Gasteiger partial charge in [-0.3, -0.25) is 9.78 Å². The van der Waals surface area contributed by atoms with Gasteiger partial charge in [-0.15, -0.1) is 0 Å². The van der Waals surface area contributed by atoms with Crippen LogP contribution in [0.25, 0.3) is 0 Å². The maximum Gasteiger partial charge on any atom is 0.220 e. The predicted molar refractivity (Wildman–Crippen MR) is 83.3 cm³/mol. The van der Waals surface area contributed by atoms with Crippen LogP contribution in [-0.4, -0.2) is 28.1 Å². The van der Waals surface area contributed by atoms with E-state index in [4.69, 9.17) is 11.5 Å². The van der Waals surface area contributed by atoms with Gasteiger partial charge in [0, 0.05) is 30.3 Å². The number of aliphatic hydroxyl groups excluding tert-OH is 1. The molecule has 1 aromatic heterocycles. The number of rotatable bonds is 9. The Labute approximate surface area is 126 Å². The second-order valence-electron chi connectivity index (χ2n) is 6.06. The largest absolute Gasteiger partial charge is 0.391 e. The topological polar surface area (TPSA) is 102 Å². The van der Waals surface area contributed by atoms with E-state index in [1.54, 1.807) is 6.20 Å². The smallest absolute Gasteiger partial charge is 0.220 e. The summed E-state index contributed by atoms with van der Waals surface area (Å²) in [5, 5.41) is 10.2. The molecule has 118 valence electrons. The number of carbonyl (C=O) groups is 1. The Hall–Kier alpha value is -1.46. The fourth-order valence-corrected chi connectivity index (χ4v) is 2.27. The van der Waals surface area contributed by atoms with Crippen molar-refractivity contribution in [1.29, 1.82) is 0 Å². The van der Waals surface area contributed by atoms with E-state index in [1.165, 1.54) is 0 Å². The van der Waals surface area contributed by atoms with Crippen LogP contribution in [0.5, 0.6) is 0 Å². The van der Waals surface area contributed by atoms with Gasteiger partial charge < -0.3 is 16.6 Å². The number of carbonyl (C=O) groups excluding carboxylic acids is 1. The van der Waals surface area contributed by atoms with E-state index >= 15 is 0 Å². The van der Waals surface area contributed by atoms with Crippen LogP contribution in [0.3, 0.4) is 0 Å². The Morgan fingerprint density at radius 2 is 2.05 bits per heavy atom. The molecule has 21 heavy (non-hydrogen) atoms. The van der Waals surface area contributed by atoms with Gasteiger partial charge in [-0.2, -0.15) is 0 Å². The van der Waals surface area contributed by atoms with Crippen LogP contribution >= 0.6 is 0 Å². The average molecular weight is 293 g/mol. The zero-order valence-corrected chi connectivity index (χ0v) is 12.9. The Morgan fingerprint density at radius 3 is 2.57 bits per heavy atom. The predicted octanol–water partition coefficient (Wildman–Crippen LogP) is 1.24. The molecule has 5 nitrogen and oxygen atoms in total. The van der Waals surface area contributed by atoms with Crippen LogP contribution in [0.15, 0.2) is 24.4 Å². The molecular weight excluding hydrogens is 266 g/mol. The highest BCUT2D eigenvalue weighted by Gasteiger charge is 2.24. The minimum atomic E-state index is -0.753. The normalized spacial score (nSPS) is 15.7. The fourth-order valence-electron chi connectivity index (χ4n) is 2.27. The van der Waals surface area contributed by atoms with Crippen LogP contribution in [0.1, 0.15) is 38.8 Å². The Balaban J connectivity index is 2.51. The van der Waals surface area contributed by atoms with E-state index in [2.05, 4.69) is 18.8 Å². The highest BCUT2D eigenvalue weighted by Crippen LogP contribution is 2.19. The van der Waals surface area contributed by atoms with Gasteiger partial charge in [0.1, 0.15) is 0 Å². The summed E-state index contributed by atoms with van der Waals surface area (Å²) >= 11 is 0. The number of nitrogens with zero attached hydrogens (tertiary/aromatic N) is 1. The van der Waals surface area contributed by atoms with Crippen molar-refractivity contribution < 1.29 is 9.90 Å². The number of hydrogen-bond acceptors (Lipinski definition) is 4. The number of nitrogens with two attached hydrogens (primary N) is 2. The third-order valence-corrected chi connectivity index (χ3v) is 3.69. The standard InChI is InChI=1S/C16H27N3O2/c1-11(2)6-7-12(16(18)21)9-15(20)14(17)10-13-5-3-4-8-19-13/h3-5,8,11-12,14-15,20H,6-7,9-10,17H2,1-2H3,(H2,18,21). The molecular formula is C16H27N3O2. The summed E-state index contributed by atoms with van der Waals surface area (Å²) in [7, 11) is 0. The van der Waals surface area contributed by atoms with Crippen molar-refractivity contribution in [3.05, 3.63) is 30.1 Å². The molecule has 1 amide bonds. The molecule has 0 aliphatic carbocycles. The van der Waals surface area contributed by atoms with E-state index in [0.717, 1.165) is 12.1 Å². The van der Waals surface area contributed by atoms with Crippen molar-refractivity contribution in [2.45, 2.75) is 51.7 Å².